The second-order valence-electron chi connectivity index (χ2n) is 5.13. The van der Waals surface area contributed by atoms with Crippen molar-refractivity contribution in [3.8, 4) is 0 Å². The molecule has 0 aromatic rings. The Bertz CT molecular complexity index is 269. The summed E-state index contributed by atoms with van der Waals surface area (Å²) in [7, 11) is 0. The summed E-state index contributed by atoms with van der Waals surface area (Å²) in [4.78, 5) is 0. The molecule has 2 heteroatoms. The number of rotatable bonds is 2. The zero-order chi connectivity index (χ0) is 10.2. The molecule has 0 bridgehead atoms. The maximum absolute atomic E-state index is 5.79. The van der Waals surface area contributed by atoms with Gasteiger partial charge in [-0.1, -0.05) is 20.8 Å². The Hall–Kier alpha value is -0.760. The summed E-state index contributed by atoms with van der Waals surface area (Å²) in [5.41, 5.74) is 1.56. The van der Waals surface area contributed by atoms with Gasteiger partial charge in [-0.05, 0) is 42.2 Å². The van der Waals surface area contributed by atoms with E-state index in [4.69, 9.17) is 4.74 Å². The van der Waals surface area contributed by atoms with Gasteiger partial charge in [0.25, 0.3) is 0 Å². The van der Waals surface area contributed by atoms with Crippen LogP contribution in [0.1, 0.15) is 33.6 Å². The summed E-state index contributed by atoms with van der Waals surface area (Å²) in [6.07, 6.45) is 9.35. The fourth-order valence-corrected chi connectivity index (χ4v) is 1.49. The molecule has 0 aromatic carbocycles. The van der Waals surface area contributed by atoms with Crippen molar-refractivity contribution in [1.29, 1.82) is 0 Å². The van der Waals surface area contributed by atoms with Crippen molar-refractivity contribution >= 4 is 0 Å². The fourth-order valence-electron chi connectivity index (χ4n) is 1.49. The van der Waals surface area contributed by atoms with Gasteiger partial charge >= 0.3 is 0 Å². The quantitative estimate of drug-likeness (QED) is 0.727. The standard InChI is InChI=1S/C12H19NO/c1-12(2,3)9-6-7-13-11(8-9)14-10-4-5-10/h6-8,10-11,13H,4-5H2,1-3H3. The molecule has 1 heterocycles. The van der Waals surface area contributed by atoms with Crippen LogP contribution >= 0.6 is 0 Å². The van der Waals surface area contributed by atoms with Crippen LogP contribution in [-0.2, 0) is 4.74 Å². The summed E-state index contributed by atoms with van der Waals surface area (Å²) < 4.78 is 5.79. The molecule has 2 nitrogen and oxygen atoms in total. The smallest absolute Gasteiger partial charge is 0.147 e. The molecule has 1 aliphatic carbocycles. The highest BCUT2D eigenvalue weighted by Gasteiger charge is 2.27. The average molecular weight is 193 g/mol. The van der Waals surface area contributed by atoms with Crippen LogP contribution in [0.25, 0.3) is 0 Å². The third kappa shape index (κ3) is 2.38. The first-order valence-electron chi connectivity index (χ1n) is 5.36. The number of nitrogens with one attached hydrogen (secondary N) is 1. The molecule has 0 spiro atoms. The SMILES string of the molecule is CC(C)(C)C1=CC(OC2CC2)NC=C1. The van der Waals surface area contributed by atoms with E-state index < -0.39 is 0 Å². The molecule has 1 fully saturated rings. The molecular weight excluding hydrogens is 174 g/mol. The monoisotopic (exact) mass is 193 g/mol. The predicted molar refractivity (Wildman–Crippen MR) is 57.7 cm³/mol. The van der Waals surface area contributed by atoms with Crippen LogP contribution in [0.4, 0.5) is 0 Å². The number of hydrogen-bond acceptors (Lipinski definition) is 2. The third-order valence-electron chi connectivity index (χ3n) is 2.58. The van der Waals surface area contributed by atoms with Crippen molar-refractivity contribution in [2.45, 2.75) is 45.9 Å². The molecule has 14 heavy (non-hydrogen) atoms. The Morgan fingerprint density at radius 1 is 1.36 bits per heavy atom. The van der Waals surface area contributed by atoms with Crippen LogP contribution in [0, 0.1) is 5.41 Å². The van der Waals surface area contributed by atoms with Gasteiger partial charge in [-0.25, -0.2) is 0 Å². The van der Waals surface area contributed by atoms with Crippen molar-refractivity contribution in [2.75, 3.05) is 0 Å². The first kappa shape index (κ1) is 9.78. The Morgan fingerprint density at radius 2 is 2.07 bits per heavy atom. The normalized spacial score (nSPS) is 27.1. The molecule has 1 atom stereocenters. The van der Waals surface area contributed by atoms with E-state index in [0.717, 1.165) is 0 Å². The minimum absolute atomic E-state index is 0.0849. The first-order chi connectivity index (χ1) is 6.55. The largest absolute Gasteiger partial charge is 0.363 e. The van der Waals surface area contributed by atoms with E-state index in [1.54, 1.807) is 0 Å². The number of hydrogen-bond donors (Lipinski definition) is 1. The lowest BCUT2D eigenvalue weighted by atomic mass is 9.85. The van der Waals surface area contributed by atoms with Gasteiger partial charge in [0.2, 0.25) is 0 Å². The fraction of sp³-hybridized carbons (Fsp3) is 0.667. The number of ether oxygens (including phenoxy) is 1. The van der Waals surface area contributed by atoms with Crippen molar-refractivity contribution in [3.05, 3.63) is 23.9 Å². The highest BCUT2D eigenvalue weighted by molar-refractivity contribution is 5.28. The lowest BCUT2D eigenvalue weighted by molar-refractivity contribution is 0.0561. The minimum atomic E-state index is 0.0849. The van der Waals surface area contributed by atoms with Crippen LogP contribution in [-0.4, -0.2) is 12.3 Å². The molecule has 2 aliphatic rings. The summed E-state index contributed by atoms with van der Waals surface area (Å²) in [6, 6.07) is 0. The summed E-state index contributed by atoms with van der Waals surface area (Å²) in [6.45, 7) is 6.67. The molecule has 1 N–H and O–H groups in total. The van der Waals surface area contributed by atoms with Crippen molar-refractivity contribution in [2.24, 2.45) is 5.41 Å². The second kappa shape index (κ2) is 3.43. The molecule has 78 valence electrons. The van der Waals surface area contributed by atoms with E-state index in [1.165, 1.54) is 18.4 Å². The van der Waals surface area contributed by atoms with E-state index in [-0.39, 0.29) is 11.6 Å². The zero-order valence-corrected chi connectivity index (χ0v) is 9.21. The van der Waals surface area contributed by atoms with Gasteiger partial charge in [0.15, 0.2) is 0 Å². The number of allylic oxidation sites excluding steroid dienone is 2. The van der Waals surface area contributed by atoms with E-state index in [9.17, 15) is 0 Å². The van der Waals surface area contributed by atoms with Crippen LogP contribution in [0.5, 0.6) is 0 Å². The molecule has 0 saturated heterocycles. The molecular formula is C12H19NO. The Morgan fingerprint density at radius 3 is 2.64 bits per heavy atom. The predicted octanol–water partition coefficient (Wildman–Crippen LogP) is 2.58. The lowest BCUT2D eigenvalue weighted by Gasteiger charge is -2.26. The molecule has 1 unspecified atom stereocenters. The third-order valence-corrected chi connectivity index (χ3v) is 2.58. The highest BCUT2D eigenvalue weighted by Crippen LogP contribution is 2.30. The minimum Gasteiger partial charge on any atom is -0.363 e. The van der Waals surface area contributed by atoms with E-state index in [2.05, 4.69) is 38.2 Å². The molecule has 2 rings (SSSR count). The van der Waals surface area contributed by atoms with Crippen molar-refractivity contribution in [1.82, 2.24) is 5.32 Å². The van der Waals surface area contributed by atoms with Crippen LogP contribution in [0.15, 0.2) is 23.9 Å². The van der Waals surface area contributed by atoms with Gasteiger partial charge in [0, 0.05) is 0 Å². The summed E-state index contributed by atoms with van der Waals surface area (Å²) in [5, 5.41) is 3.21. The lowest BCUT2D eigenvalue weighted by Crippen LogP contribution is -2.30. The van der Waals surface area contributed by atoms with Gasteiger partial charge in [0.05, 0.1) is 6.10 Å². The van der Waals surface area contributed by atoms with E-state index in [0.29, 0.717) is 6.10 Å². The Kier molecular flexibility index (Phi) is 2.40. The van der Waals surface area contributed by atoms with Crippen LogP contribution in [0.3, 0.4) is 0 Å². The van der Waals surface area contributed by atoms with Gasteiger partial charge in [0.1, 0.15) is 6.23 Å². The summed E-state index contributed by atoms with van der Waals surface area (Å²) in [5.74, 6) is 0. The van der Waals surface area contributed by atoms with Gasteiger partial charge in [-0.3, -0.25) is 0 Å². The zero-order valence-electron chi connectivity index (χ0n) is 9.21. The van der Waals surface area contributed by atoms with Gasteiger partial charge in [-0.15, -0.1) is 0 Å². The average Bonchev–Trinajstić information content (AvgIpc) is 2.87. The molecule has 0 amide bonds. The maximum atomic E-state index is 5.79. The highest BCUT2D eigenvalue weighted by atomic mass is 16.5. The second-order valence-corrected chi connectivity index (χ2v) is 5.13. The molecule has 1 aliphatic heterocycles. The Labute approximate surface area is 86.0 Å². The maximum Gasteiger partial charge on any atom is 0.147 e. The molecule has 0 radical (unpaired) electrons. The Balaban J connectivity index is 2.01. The van der Waals surface area contributed by atoms with E-state index >= 15 is 0 Å². The molecule has 0 aromatic heterocycles. The summed E-state index contributed by atoms with van der Waals surface area (Å²) >= 11 is 0. The number of dihydropyridines is 1. The molecule has 1 saturated carbocycles. The van der Waals surface area contributed by atoms with Crippen molar-refractivity contribution in [3.63, 3.8) is 0 Å². The first-order valence-corrected chi connectivity index (χ1v) is 5.36. The van der Waals surface area contributed by atoms with Crippen LogP contribution in [0.2, 0.25) is 0 Å². The van der Waals surface area contributed by atoms with Crippen molar-refractivity contribution < 1.29 is 4.74 Å². The van der Waals surface area contributed by atoms with Gasteiger partial charge in [-0.2, -0.15) is 0 Å². The van der Waals surface area contributed by atoms with E-state index in [1.807, 2.05) is 6.20 Å². The van der Waals surface area contributed by atoms with Gasteiger partial charge < -0.3 is 10.1 Å². The van der Waals surface area contributed by atoms with Crippen LogP contribution < -0.4 is 5.32 Å². The topological polar surface area (TPSA) is 21.3 Å².